The summed E-state index contributed by atoms with van der Waals surface area (Å²) in [6.07, 6.45) is 1.59. The molecule has 1 atom stereocenters. The van der Waals surface area contributed by atoms with Crippen molar-refractivity contribution in [3.05, 3.63) is 86.2 Å². The number of nitrogen functional groups attached to an aromatic ring is 1. The number of aromatic amines is 2. The third-order valence-electron chi connectivity index (χ3n) is 4.84. The number of anilines is 1. The average molecular weight is 362 g/mol. The number of aryl methyl sites for hydroxylation is 1. The summed E-state index contributed by atoms with van der Waals surface area (Å²) in [5, 5.41) is 2.88. The largest absolute Gasteiger partial charge is 0.392 e. The second-order valence-corrected chi connectivity index (χ2v) is 6.54. The van der Waals surface area contributed by atoms with Crippen LogP contribution in [0.4, 0.5) is 5.69 Å². The van der Waals surface area contributed by atoms with Crippen molar-refractivity contribution in [3.63, 3.8) is 0 Å². The molecule has 0 fully saturated rings. The third-order valence-corrected chi connectivity index (χ3v) is 4.84. The summed E-state index contributed by atoms with van der Waals surface area (Å²) < 4.78 is 0. The zero-order chi connectivity index (χ0) is 19.0. The van der Waals surface area contributed by atoms with Gasteiger partial charge in [-0.1, -0.05) is 42.5 Å². The first kappa shape index (κ1) is 16.8. The molecule has 0 spiro atoms. The van der Waals surface area contributed by atoms with E-state index in [1.807, 2.05) is 35.3 Å². The highest BCUT2D eigenvalue weighted by molar-refractivity contribution is 5.97. The smallest absolute Gasteiger partial charge is 0.326 e. The molecule has 7 heteroatoms. The molecule has 5 N–H and O–H groups in total. The van der Waals surface area contributed by atoms with Crippen molar-refractivity contribution in [2.75, 3.05) is 5.73 Å². The fourth-order valence-corrected chi connectivity index (χ4v) is 3.47. The van der Waals surface area contributed by atoms with Gasteiger partial charge in [-0.05, 0) is 41.2 Å². The first-order valence-corrected chi connectivity index (χ1v) is 8.64. The van der Waals surface area contributed by atoms with Crippen molar-refractivity contribution in [1.82, 2.24) is 15.3 Å². The highest BCUT2D eigenvalue weighted by Crippen LogP contribution is 2.34. The van der Waals surface area contributed by atoms with Gasteiger partial charge >= 0.3 is 5.69 Å². The van der Waals surface area contributed by atoms with Gasteiger partial charge in [0.2, 0.25) is 0 Å². The topological polar surface area (TPSA) is 121 Å². The van der Waals surface area contributed by atoms with Crippen LogP contribution in [0.5, 0.6) is 0 Å². The monoisotopic (exact) mass is 362 g/mol. The van der Waals surface area contributed by atoms with Gasteiger partial charge in [-0.3, -0.25) is 14.6 Å². The minimum Gasteiger partial charge on any atom is -0.392 e. The van der Waals surface area contributed by atoms with E-state index in [4.69, 9.17) is 5.73 Å². The van der Waals surface area contributed by atoms with Crippen LogP contribution in [0.15, 0.2) is 58.1 Å². The predicted octanol–water partition coefficient (Wildman–Crippen LogP) is 1.73. The molecule has 0 saturated carbocycles. The minimum atomic E-state index is -0.776. The van der Waals surface area contributed by atoms with Gasteiger partial charge in [-0.15, -0.1) is 0 Å². The highest BCUT2D eigenvalue weighted by atomic mass is 16.2. The molecule has 1 aliphatic carbocycles. The summed E-state index contributed by atoms with van der Waals surface area (Å²) in [7, 11) is 0. The number of benzene rings is 2. The Labute approximate surface area is 154 Å². The Kier molecular flexibility index (Phi) is 4.12. The number of aromatic nitrogens is 2. The Balaban J connectivity index is 1.64. The summed E-state index contributed by atoms with van der Waals surface area (Å²) in [4.78, 5) is 40.0. The van der Waals surface area contributed by atoms with Gasteiger partial charge in [0, 0.05) is 0 Å². The van der Waals surface area contributed by atoms with E-state index in [-0.39, 0.29) is 17.4 Å². The number of H-pyrrole nitrogens is 2. The van der Waals surface area contributed by atoms with Crippen molar-refractivity contribution in [2.24, 2.45) is 0 Å². The van der Waals surface area contributed by atoms with E-state index >= 15 is 0 Å². The molecule has 1 heterocycles. The zero-order valence-corrected chi connectivity index (χ0v) is 14.4. The van der Waals surface area contributed by atoms with E-state index in [0.29, 0.717) is 0 Å². The van der Waals surface area contributed by atoms with Crippen LogP contribution in [-0.2, 0) is 6.42 Å². The summed E-state index contributed by atoms with van der Waals surface area (Å²) >= 11 is 0. The summed E-state index contributed by atoms with van der Waals surface area (Å²) in [5.41, 5.74) is 7.97. The van der Waals surface area contributed by atoms with Gasteiger partial charge < -0.3 is 16.0 Å². The van der Waals surface area contributed by atoms with E-state index in [9.17, 15) is 14.4 Å². The average Bonchev–Trinajstić information content (AvgIpc) is 3.07. The van der Waals surface area contributed by atoms with Gasteiger partial charge in [0.05, 0.1) is 6.04 Å². The molecule has 136 valence electrons. The fourth-order valence-electron chi connectivity index (χ4n) is 3.47. The van der Waals surface area contributed by atoms with Crippen molar-refractivity contribution in [2.45, 2.75) is 18.9 Å². The zero-order valence-electron chi connectivity index (χ0n) is 14.4. The van der Waals surface area contributed by atoms with Crippen molar-refractivity contribution in [3.8, 4) is 11.1 Å². The molecule has 0 unspecified atom stereocenters. The van der Waals surface area contributed by atoms with Crippen LogP contribution in [0, 0.1) is 0 Å². The lowest BCUT2D eigenvalue weighted by Gasteiger charge is -2.15. The number of hydrogen-bond donors (Lipinski definition) is 4. The van der Waals surface area contributed by atoms with Crippen LogP contribution in [0.2, 0.25) is 0 Å². The fraction of sp³-hybridized carbons (Fsp3) is 0.150. The quantitative estimate of drug-likeness (QED) is 0.567. The number of hydrogen-bond acceptors (Lipinski definition) is 4. The normalized spacial score (nSPS) is 15.3. The molecule has 27 heavy (non-hydrogen) atoms. The molecular formula is C20H18N4O3. The van der Waals surface area contributed by atoms with Crippen molar-refractivity contribution < 1.29 is 4.79 Å². The van der Waals surface area contributed by atoms with Crippen LogP contribution in [0.1, 0.15) is 34.1 Å². The Morgan fingerprint density at radius 2 is 1.81 bits per heavy atom. The molecule has 0 aliphatic heterocycles. The van der Waals surface area contributed by atoms with Gasteiger partial charge in [0.1, 0.15) is 11.4 Å². The van der Waals surface area contributed by atoms with Gasteiger partial charge in [-0.25, -0.2) is 4.79 Å². The number of nitrogens with one attached hydrogen (secondary N) is 3. The van der Waals surface area contributed by atoms with Crippen molar-refractivity contribution in [1.29, 1.82) is 0 Å². The van der Waals surface area contributed by atoms with Crippen LogP contribution in [0.3, 0.4) is 0 Å². The lowest BCUT2D eigenvalue weighted by Crippen LogP contribution is -2.34. The summed E-state index contributed by atoms with van der Waals surface area (Å²) in [6.45, 7) is 0. The van der Waals surface area contributed by atoms with E-state index in [0.717, 1.165) is 29.5 Å². The number of carbonyl (C=O) groups is 1. The third kappa shape index (κ3) is 3.15. The Morgan fingerprint density at radius 3 is 2.59 bits per heavy atom. The standard InChI is InChI=1S/C20H18N4O3/c21-16-17(23-20(27)24-18(16)25)19(26)22-15-9-8-12-6-7-13(10-14(12)15)11-4-2-1-3-5-11/h1-7,10,15H,8-9,21H2,(H,22,26)(H2,23,24,25,27)/t15-/m0/s1. The van der Waals surface area contributed by atoms with E-state index in [1.54, 1.807) is 0 Å². The first-order valence-electron chi connectivity index (χ1n) is 8.64. The molecule has 7 nitrogen and oxygen atoms in total. The predicted molar refractivity (Wildman–Crippen MR) is 103 cm³/mol. The number of fused-ring (bicyclic) bond motifs is 1. The maximum Gasteiger partial charge on any atom is 0.326 e. The van der Waals surface area contributed by atoms with Gasteiger partial charge in [0.25, 0.3) is 11.5 Å². The SMILES string of the molecule is Nc1c(C(=O)N[C@H]2CCc3ccc(-c4ccccc4)cc32)[nH]c(=O)[nH]c1=O. The maximum atomic E-state index is 12.6. The van der Waals surface area contributed by atoms with Crippen LogP contribution in [0.25, 0.3) is 11.1 Å². The van der Waals surface area contributed by atoms with E-state index in [2.05, 4.69) is 28.5 Å². The van der Waals surface area contributed by atoms with Crippen LogP contribution >= 0.6 is 0 Å². The molecule has 1 amide bonds. The molecule has 1 aliphatic rings. The number of rotatable bonds is 3. The van der Waals surface area contributed by atoms with Gasteiger partial charge in [-0.2, -0.15) is 0 Å². The number of carbonyl (C=O) groups excluding carboxylic acids is 1. The minimum absolute atomic E-state index is 0.210. The lowest BCUT2D eigenvalue weighted by atomic mass is 9.99. The maximum absolute atomic E-state index is 12.6. The second kappa shape index (κ2) is 6.60. The molecule has 1 aromatic heterocycles. The first-order chi connectivity index (χ1) is 13.0. The van der Waals surface area contributed by atoms with Crippen LogP contribution < -0.4 is 22.3 Å². The molecule has 0 saturated heterocycles. The molecule has 0 radical (unpaired) electrons. The van der Waals surface area contributed by atoms with E-state index < -0.39 is 17.2 Å². The molecule has 4 rings (SSSR count). The molecule has 3 aromatic rings. The highest BCUT2D eigenvalue weighted by Gasteiger charge is 2.26. The summed E-state index contributed by atoms with van der Waals surface area (Å²) in [6, 6.07) is 16.0. The number of amides is 1. The molecule has 0 bridgehead atoms. The Morgan fingerprint density at radius 1 is 1.04 bits per heavy atom. The summed E-state index contributed by atoms with van der Waals surface area (Å²) in [5.74, 6) is -0.571. The molecular weight excluding hydrogens is 344 g/mol. The second-order valence-electron chi connectivity index (χ2n) is 6.54. The molecule has 2 aromatic carbocycles. The van der Waals surface area contributed by atoms with Crippen molar-refractivity contribution >= 4 is 11.6 Å². The van der Waals surface area contributed by atoms with Crippen LogP contribution in [-0.4, -0.2) is 15.9 Å². The number of nitrogens with two attached hydrogens (primary N) is 1. The Bertz CT molecular complexity index is 1130. The Hall–Kier alpha value is -3.61. The lowest BCUT2D eigenvalue weighted by molar-refractivity contribution is 0.0932. The van der Waals surface area contributed by atoms with Gasteiger partial charge in [0.15, 0.2) is 0 Å². The van der Waals surface area contributed by atoms with E-state index in [1.165, 1.54) is 5.56 Å².